The van der Waals surface area contributed by atoms with E-state index in [1.165, 1.54) is 19.3 Å². The summed E-state index contributed by atoms with van der Waals surface area (Å²) in [5.41, 5.74) is 6.67. The molecule has 1 fully saturated rings. The third-order valence-electron chi connectivity index (χ3n) is 4.32. The molecule has 0 aromatic carbocycles. The Kier molecular flexibility index (Phi) is 3.83. The third kappa shape index (κ3) is 2.46. The molecule has 0 saturated heterocycles. The molecule has 19 heavy (non-hydrogen) atoms. The second-order valence-electron chi connectivity index (χ2n) is 5.41. The number of nitrogen functional groups attached to an aromatic ring is 1. The fraction of sp³-hybridized carbons (Fsp3) is 0.714. The Bertz CT molecular complexity index is 470. The molecule has 1 aromatic rings. The van der Waals surface area contributed by atoms with Crippen LogP contribution in [0.25, 0.3) is 0 Å². The SMILES string of the molecule is CCOC(=O)c1nc(C)n(CC2(CC)CCC2)c1N. The van der Waals surface area contributed by atoms with E-state index in [1.54, 1.807) is 6.92 Å². The zero-order chi connectivity index (χ0) is 14.0. The van der Waals surface area contributed by atoms with Gasteiger partial charge in [0.25, 0.3) is 0 Å². The molecule has 0 aliphatic heterocycles. The lowest BCUT2D eigenvalue weighted by Gasteiger charge is -2.42. The van der Waals surface area contributed by atoms with Crippen molar-refractivity contribution in [2.24, 2.45) is 5.41 Å². The Morgan fingerprint density at radius 1 is 1.47 bits per heavy atom. The smallest absolute Gasteiger partial charge is 0.360 e. The summed E-state index contributed by atoms with van der Waals surface area (Å²) in [4.78, 5) is 16.0. The molecule has 0 radical (unpaired) electrons. The van der Waals surface area contributed by atoms with Crippen LogP contribution >= 0.6 is 0 Å². The first-order valence-corrected chi connectivity index (χ1v) is 7.02. The summed E-state index contributed by atoms with van der Waals surface area (Å²) >= 11 is 0. The van der Waals surface area contributed by atoms with Gasteiger partial charge in [0.1, 0.15) is 11.6 Å². The van der Waals surface area contributed by atoms with E-state index < -0.39 is 5.97 Å². The minimum Gasteiger partial charge on any atom is -0.461 e. The standard InChI is InChI=1S/C14H23N3O2/c1-4-14(7-6-8-14)9-17-10(3)16-11(12(17)15)13(18)19-5-2/h4-9,15H2,1-3H3. The minimum atomic E-state index is -0.430. The second-order valence-corrected chi connectivity index (χ2v) is 5.41. The summed E-state index contributed by atoms with van der Waals surface area (Å²) in [6.07, 6.45) is 4.88. The topological polar surface area (TPSA) is 70.1 Å². The monoisotopic (exact) mass is 265 g/mol. The number of aryl methyl sites for hydroxylation is 1. The van der Waals surface area contributed by atoms with E-state index in [1.807, 2.05) is 11.5 Å². The van der Waals surface area contributed by atoms with Crippen molar-refractivity contribution in [2.45, 2.75) is 53.0 Å². The van der Waals surface area contributed by atoms with Gasteiger partial charge in [-0.3, -0.25) is 0 Å². The van der Waals surface area contributed by atoms with E-state index in [9.17, 15) is 4.79 Å². The molecule has 0 bridgehead atoms. The number of esters is 1. The predicted octanol–water partition coefficient (Wildman–Crippen LogP) is 2.53. The quantitative estimate of drug-likeness (QED) is 0.830. The summed E-state index contributed by atoms with van der Waals surface area (Å²) < 4.78 is 6.95. The summed E-state index contributed by atoms with van der Waals surface area (Å²) in [6, 6.07) is 0. The fourth-order valence-corrected chi connectivity index (χ4v) is 2.77. The van der Waals surface area contributed by atoms with E-state index in [2.05, 4.69) is 11.9 Å². The number of nitrogens with zero attached hydrogens (tertiary/aromatic N) is 2. The molecular formula is C14H23N3O2. The highest BCUT2D eigenvalue weighted by molar-refractivity contribution is 5.92. The molecule has 1 aliphatic rings. The lowest BCUT2D eigenvalue weighted by molar-refractivity contribution is 0.0521. The van der Waals surface area contributed by atoms with Crippen LogP contribution in [0.1, 0.15) is 55.8 Å². The number of anilines is 1. The van der Waals surface area contributed by atoms with Gasteiger partial charge in [0.2, 0.25) is 0 Å². The van der Waals surface area contributed by atoms with Crippen LogP contribution in [0.3, 0.4) is 0 Å². The number of ether oxygens (including phenoxy) is 1. The Morgan fingerprint density at radius 3 is 2.63 bits per heavy atom. The number of rotatable bonds is 5. The second kappa shape index (κ2) is 5.23. The normalized spacial score (nSPS) is 17.0. The molecule has 0 amide bonds. The molecule has 2 N–H and O–H groups in total. The molecule has 5 heteroatoms. The van der Waals surface area contributed by atoms with Crippen LogP contribution < -0.4 is 5.73 Å². The van der Waals surface area contributed by atoms with E-state index in [-0.39, 0.29) is 5.69 Å². The zero-order valence-electron chi connectivity index (χ0n) is 12.0. The summed E-state index contributed by atoms with van der Waals surface area (Å²) in [6.45, 7) is 7.07. The van der Waals surface area contributed by atoms with Crippen LogP contribution in [-0.4, -0.2) is 22.1 Å². The first kappa shape index (κ1) is 13.9. The van der Waals surface area contributed by atoms with E-state index in [0.717, 1.165) is 18.8 Å². The van der Waals surface area contributed by atoms with Gasteiger partial charge in [-0.15, -0.1) is 0 Å². The molecule has 2 rings (SSSR count). The first-order valence-electron chi connectivity index (χ1n) is 7.02. The van der Waals surface area contributed by atoms with Gasteiger partial charge in [-0.05, 0) is 38.5 Å². The molecule has 1 aromatic heterocycles. The van der Waals surface area contributed by atoms with E-state index in [0.29, 0.717) is 17.8 Å². The molecule has 0 atom stereocenters. The van der Waals surface area contributed by atoms with E-state index >= 15 is 0 Å². The van der Waals surface area contributed by atoms with Crippen LogP contribution in [0.15, 0.2) is 0 Å². The van der Waals surface area contributed by atoms with Crippen LogP contribution in [0.4, 0.5) is 5.82 Å². The van der Waals surface area contributed by atoms with Crippen molar-refractivity contribution in [3.63, 3.8) is 0 Å². The van der Waals surface area contributed by atoms with Crippen molar-refractivity contribution in [3.8, 4) is 0 Å². The number of aromatic nitrogens is 2. The lowest BCUT2D eigenvalue weighted by Crippen LogP contribution is -2.34. The number of carbonyl (C=O) groups excluding carboxylic acids is 1. The largest absolute Gasteiger partial charge is 0.461 e. The van der Waals surface area contributed by atoms with Crippen molar-refractivity contribution in [3.05, 3.63) is 11.5 Å². The van der Waals surface area contributed by atoms with Gasteiger partial charge in [-0.1, -0.05) is 13.3 Å². The van der Waals surface area contributed by atoms with Gasteiger partial charge in [0.05, 0.1) is 6.61 Å². The van der Waals surface area contributed by atoms with Gasteiger partial charge in [-0.25, -0.2) is 9.78 Å². The zero-order valence-corrected chi connectivity index (χ0v) is 12.0. The maximum absolute atomic E-state index is 11.8. The van der Waals surface area contributed by atoms with Crippen LogP contribution in [0.2, 0.25) is 0 Å². The number of hydrogen-bond donors (Lipinski definition) is 1. The summed E-state index contributed by atoms with van der Waals surface area (Å²) in [5.74, 6) is 0.803. The van der Waals surface area contributed by atoms with Crippen LogP contribution in [-0.2, 0) is 11.3 Å². The number of nitrogens with two attached hydrogens (primary N) is 1. The van der Waals surface area contributed by atoms with Gasteiger partial charge in [-0.2, -0.15) is 0 Å². The predicted molar refractivity (Wildman–Crippen MR) is 73.9 cm³/mol. The maximum atomic E-state index is 11.8. The molecule has 1 saturated carbocycles. The van der Waals surface area contributed by atoms with Crippen molar-refractivity contribution in [1.82, 2.24) is 9.55 Å². The molecule has 1 heterocycles. The summed E-state index contributed by atoms with van der Waals surface area (Å²) in [5, 5.41) is 0. The van der Waals surface area contributed by atoms with Crippen molar-refractivity contribution in [1.29, 1.82) is 0 Å². The molecule has 1 aliphatic carbocycles. The Morgan fingerprint density at radius 2 is 2.16 bits per heavy atom. The highest BCUT2D eigenvalue weighted by Gasteiger charge is 2.36. The molecule has 0 spiro atoms. The fourth-order valence-electron chi connectivity index (χ4n) is 2.77. The highest BCUT2D eigenvalue weighted by Crippen LogP contribution is 2.45. The van der Waals surface area contributed by atoms with Crippen molar-refractivity contribution >= 4 is 11.8 Å². The maximum Gasteiger partial charge on any atom is 0.360 e. The molecular weight excluding hydrogens is 242 g/mol. The van der Waals surface area contributed by atoms with Gasteiger partial charge >= 0.3 is 5.97 Å². The molecule has 5 nitrogen and oxygen atoms in total. The summed E-state index contributed by atoms with van der Waals surface area (Å²) in [7, 11) is 0. The van der Waals surface area contributed by atoms with Gasteiger partial charge in [0, 0.05) is 6.54 Å². The number of imidazole rings is 1. The lowest BCUT2D eigenvalue weighted by atomic mass is 9.67. The Hall–Kier alpha value is -1.52. The van der Waals surface area contributed by atoms with Crippen molar-refractivity contribution in [2.75, 3.05) is 12.3 Å². The van der Waals surface area contributed by atoms with E-state index in [4.69, 9.17) is 10.5 Å². The molecule has 0 unspecified atom stereocenters. The Labute approximate surface area is 114 Å². The first-order chi connectivity index (χ1) is 9.03. The average Bonchev–Trinajstić information content (AvgIpc) is 2.61. The van der Waals surface area contributed by atoms with Crippen LogP contribution in [0, 0.1) is 12.3 Å². The number of hydrogen-bond acceptors (Lipinski definition) is 4. The van der Waals surface area contributed by atoms with Gasteiger partial charge in [0.15, 0.2) is 5.69 Å². The molecule has 106 valence electrons. The number of carbonyl (C=O) groups is 1. The van der Waals surface area contributed by atoms with Crippen molar-refractivity contribution < 1.29 is 9.53 Å². The van der Waals surface area contributed by atoms with Crippen LogP contribution in [0.5, 0.6) is 0 Å². The highest BCUT2D eigenvalue weighted by atomic mass is 16.5. The van der Waals surface area contributed by atoms with Gasteiger partial charge < -0.3 is 15.0 Å². The Balaban J connectivity index is 2.24. The minimum absolute atomic E-state index is 0.255. The average molecular weight is 265 g/mol. The third-order valence-corrected chi connectivity index (χ3v) is 4.32.